The van der Waals surface area contributed by atoms with E-state index in [0.717, 1.165) is 11.3 Å². The van der Waals surface area contributed by atoms with Crippen LogP contribution in [0.1, 0.15) is 28.5 Å². The van der Waals surface area contributed by atoms with Crippen LogP contribution in [0.25, 0.3) is 5.69 Å². The SMILES string of the molecule is Cc1cccc(CN2CCN(C(=O)c3cn(-c4ccccc4)nn3)[C@H](C)C2=O)c1. The van der Waals surface area contributed by atoms with Crippen LogP contribution in [-0.4, -0.2) is 55.7 Å². The number of amides is 2. The van der Waals surface area contributed by atoms with Crippen LogP contribution in [0.3, 0.4) is 0 Å². The van der Waals surface area contributed by atoms with Gasteiger partial charge in [-0.15, -0.1) is 5.10 Å². The molecule has 0 N–H and O–H groups in total. The van der Waals surface area contributed by atoms with Crippen LogP contribution in [-0.2, 0) is 11.3 Å². The largest absolute Gasteiger partial charge is 0.335 e. The van der Waals surface area contributed by atoms with Gasteiger partial charge in [-0.3, -0.25) is 9.59 Å². The number of nitrogens with zero attached hydrogens (tertiary/aromatic N) is 5. The molecule has 1 aliphatic rings. The van der Waals surface area contributed by atoms with Crippen molar-refractivity contribution in [3.63, 3.8) is 0 Å². The number of aryl methyl sites for hydroxylation is 1. The van der Waals surface area contributed by atoms with Crippen molar-refractivity contribution in [1.29, 1.82) is 0 Å². The van der Waals surface area contributed by atoms with Crippen molar-refractivity contribution in [2.45, 2.75) is 26.4 Å². The molecule has 0 saturated carbocycles. The second kappa shape index (κ2) is 7.87. The predicted molar refractivity (Wildman–Crippen MR) is 108 cm³/mol. The molecule has 1 atom stereocenters. The second-order valence-electron chi connectivity index (χ2n) is 7.31. The third-order valence-electron chi connectivity index (χ3n) is 5.20. The van der Waals surface area contributed by atoms with Gasteiger partial charge in [0.05, 0.1) is 11.9 Å². The van der Waals surface area contributed by atoms with Gasteiger partial charge < -0.3 is 9.80 Å². The molecule has 2 heterocycles. The summed E-state index contributed by atoms with van der Waals surface area (Å²) in [5, 5.41) is 8.07. The summed E-state index contributed by atoms with van der Waals surface area (Å²) in [6, 6.07) is 17.1. The van der Waals surface area contributed by atoms with E-state index in [1.807, 2.05) is 60.4 Å². The zero-order valence-electron chi connectivity index (χ0n) is 16.5. The molecule has 1 aliphatic heterocycles. The van der Waals surface area contributed by atoms with Crippen LogP contribution in [0.4, 0.5) is 0 Å². The fraction of sp³-hybridized carbons (Fsp3) is 0.273. The topological polar surface area (TPSA) is 71.3 Å². The lowest BCUT2D eigenvalue weighted by Gasteiger charge is -2.38. The first-order chi connectivity index (χ1) is 14.0. The first-order valence-electron chi connectivity index (χ1n) is 9.66. The molecule has 148 valence electrons. The van der Waals surface area contributed by atoms with Crippen LogP contribution >= 0.6 is 0 Å². The van der Waals surface area contributed by atoms with Crippen molar-refractivity contribution in [2.24, 2.45) is 0 Å². The number of aromatic nitrogens is 3. The van der Waals surface area contributed by atoms with Crippen molar-refractivity contribution < 1.29 is 9.59 Å². The van der Waals surface area contributed by atoms with Crippen LogP contribution in [0.2, 0.25) is 0 Å². The number of rotatable bonds is 4. The maximum Gasteiger partial charge on any atom is 0.276 e. The molecule has 0 spiro atoms. The summed E-state index contributed by atoms with van der Waals surface area (Å²) in [4.78, 5) is 29.2. The smallest absolute Gasteiger partial charge is 0.276 e. The number of para-hydroxylation sites is 1. The highest BCUT2D eigenvalue weighted by atomic mass is 16.2. The van der Waals surface area contributed by atoms with Crippen molar-refractivity contribution in [2.75, 3.05) is 13.1 Å². The molecule has 0 aliphatic carbocycles. The van der Waals surface area contributed by atoms with Crippen molar-refractivity contribution in [3.8, 4) is 5.69 Å². The molecule has 1 aromatic heterocycles. The zero-order valence-corrected chi connectivity index (χ0v) is 16.5. The minimum Gasteiger partial charge on any atom is -0.335 e. The lowest BCUT2D eigenvalue weighted by atomic mass is 10.1. The van der Waals surface area contributed by atoms with E-state index in [2.05, 4.69) is 16.4 Å². The van der Waals surface area contributed by atoms with E-state index >= 15 is 0 Å². The van der Waals surface area contributed by atoms with Gasteiger partial charge in [0, 0.05) is 19.6 Å². The average molecular weight is 389 g/mol. The number of hydrogen-bond donors (Lipinski definition) is 0. The molecule has 7 heteroatoms. The summed E-state index contributed by atoms with van der Waals surface area (Å²) in [6.07, 6.45) is 1.61. The van der Waals surface area contributed by atoms with Gasteiger partial charge in [0.25, 0.3) is 5.91 Å². The Bertz CT molecular complexity index is 1030. The van der Waals surface area contributed by atoms with Gasteiger partial charge in [0.2, 0.25) is 5.91 Å². The Balaban J connectivity index is 1.46. The van der Waals surface area contributed by atoms with Gasteiger partial charge in [-0.1, -0.05) is 53.2 Å². The second-order valence-corrected chi connectivity index (χ2v) is 7.31. The highest BCUT2D eigenvalue weighted by Crippen LogP contribution is 2.18. The maximum absolute atomic E-state index is 12.9. The first-order valence-corrected chi connectivity index (χ1v) is 9.66. The number of benzene rings is 2. The van der Waals surface area contributed by atoms with Crippen LogP contribution < -0.4 is 0 Å². The monoisotopic (exact) mass is 389 g/mol. The molecule has 4 rings (SSSR count). The maximum atomic E-state index is 12.9. The Kier molecular flexibility index (Phi) is 5.12. The van der Waals surface area contributed by atoms with Crippen LogP contribution in [0.5, 0.6) is 0 Å². The minimum atomic E-state index is -0.539. The summed E-state index contributed by atoms with van der Waals surface area (Å²) in [6.45, 7) is 5.32. The molecule has 0 bridgehead atoms. The van der Waals surface area contributed by atoms with Crippen LogP contribution in [0, 0.1) is 6.92 Å². The van der Waals surface area contributed by atoms with E-state index in [1.54, 1.807) is 22.7 Å². The normalized spacial score (nSPS) is 16.9. The fourth-order valence-electron chi connectivity index (χ4n) is 3.61. The number of carbonyl (C=O) groups is 2. The quantitative estimate of drug-likeness (QED) is 0.687. The number of piperazine rings is 1. The molecular formula is C22H23N5O2. The molecule has 3 aromatic rings. The third kappa shape index (κ3) is 3.89. The van der Waals surface area contributed by atoms with Crippen molar-refractivity contribution in [3.05, 3.63) is 77.6 Å². The van der Waals surface area contributed by atoms with E-state index in [1.165, 1.54) is 5.56 Å². The van der Waals surface area contributed by atoms with Crippen molar-refractivity contribution in [1.82, 2.24) is 24.8 Å². The highest BCUT2D eigenvalue weighted by Gasteiger charge is 2.35. The Hall–Kier alpha value is -3.48. The Labute approximate surface area is 169 Å². The van der Waals surface area contributed by atoms with Crippen molar-refractivity contribution >= 4 is 11.8 Å². The Morgan fingerprint density at radius 2 is 1.90 bits per heavy atom. The molecule has 7 nitrogen and oxygen atoms in total. The van der Waals surface area contributed by atoms with E-state index < -0.39 is 6.04 Å². The highest BCUT2D eigenvalue weighted by molar-refractivity contribution is 5.96. The summed E-state index contributed by atoms with van der Waals surface area (Å²) < 4.78 is 1.56. The van der Waals surface area contributed by atoms with E-state index in [9.17, 15) is 9.59 Å². The van der Waals surface area contributed by atoms with Gasteiger partial charge in [-0.25, -0.2) is 4.68 Å². The van der Waals surface area contributed by atoms with Gasteiger partial charge in [-0.05, 0) is 31.5 Å². The lowest BCUT2D eigenvalue weighted by molar-refractivity contribution is -0.140. The average Bonchev–Trinajstić information content (AvgIpc) is 3.22. The number of carbonyl (C=O) groups excluding carboxylic acids is 2. The molecular weight excluding hydrogens is 366 g/mol. The van der Waals surface area contributed by atoms with Gasteiger partial charge in [0.15, 0.2) is 5.69 Å². The van der Waals surface area contributed by atoms with Gasteiger partial charge >= 0.3 is 0 Å². The summed E-state index contributed by atoms with van der Waals surface area (Å²) >= 11 is 0. The summed E-state index contributed by atoms with van der Waals surface area (Å²) in [7, 11) is 0. The van der Waals surface area contributed by atoms with Gasteiger partial charge in [0.1, 0.15) is 6.04 Å². The van der Waals surface area contributed by atoms with Gasteiger partial charge in [-0.2, -0.15) is 0 Å². The van der Waals surface area contributed by atoms with E-state index in [0.29, 0.717) is 19.6 Å². The zero-order chi connectivity index (χ0) is 20.4. The Morgan fingerprint density at radius 1 is 1.10 bits per heavy atom. The fourth-order valence-corrected chi connectivity index (χ4v) is 3.61. The third-order valence-corrected chi connectivity index (χ3v) is 5.20. The molecule has 1 saturated heterocycles. The first kappa shape index (κ1) is 18.9. The van der Waals surface area contributed by atoms with E-state index in [4.69, 9.17) is 0 Å². The standard InChI is InChI=1S/C22H23N5O2/c1-16-7-6-8-18(13-16)14-25-11-12-26(17(2)21(25)28)22(29)20-15-27(24-23-20)19-9-4-3-5-10-19/h3-10,13,15,17H,11-12,14H2,1-2H3/t17-/m1/s1. The Morgan fingerprint density at radius 3 is 2.66 bits per heavy atom. The molecule has 0 radical (unpaired) electrons. The molecule has 29 heavy (non-hydrogen) atoms. The molecule has 2 aromatic carbocycles. The summed E-state index contributed by atoms with van der Waals surface area (Å²) in [5.74, 6) is -0.329. The molecule has 2 amide bonds. The molecule has 1 fully saturated rings. The lowest BCUT2D eigenvalue weighted by Crippen LogP contribution is -2.57. The minimum absolute atomic E-state index is 0.0541. The molecule has 0 unspecified atom stereocenters. The predicted octanol–water partition coefficient (Wildman–Crippen LogP) is 2.45. The van der Waals surface area contributed by atoms with E-state index in [-0.39, 0.29) is 17.5 Å². The summed E-state index contributed by atoms with van der Waals surface area (Å²) in [5.41, 5.74) is 3.32. The van der Waals surface area contributed by atoms with Crippen LogP contribution in [0.15, 0.2) is 60.8 Å². The number of hydrogen-bond acceptors (Lipinski definition) is 4.